The molecule has 0 bridgehead atoms. The van der Waals surface area contributed by atoms with Crippen LogP contribution in [0.15, 0.2) is 30.3 Å². The molecule has 1 saturated heterocycles. The third-order valence-electron chi connectivity index (χ3n) is 19.9. The summed E-state index contributed by atoms with van der Waals surface area (Å²) in [5.74, 6) is -2.75. The van der Waals surface area contributed by atoms with Crippen LogP contribution in [-0.4, -0.2) is 124 Å². The normalized spacial score (nSPS) is 17.6. The highest BCUT2D eigenvalue weighted by atomic mass is 28.4. The van der Waals surface area contributed by atoms with E-state index in [9.17, 15) is 33.9 Å². The number of hydrogen-bond donors (Lipinski definition) is 3. The maximum atomic E-state index is 15.0. The summed E-state index contributed by atoms with van der Waals surface area (Å²) < 4.78 is 51.5. The first kappa shape index (κ1) is 92.1. The van der Waals surface area contributed by atoms with Gasteiger partial charge >= 0.3 is 23.9 Å². The Bertz CT molecular complexity index is 2230. The Balaban J connectivity index is 2.76. The van der Waals surface area contributed by atoms with Crippen LogP contribution in [0.5, 0.6) is 0 Å². The second-order valence-electron chi connectivity index (χ2n) is 30.4. The number of ether oxygens (including phenoxy) is 7. The second kappa shape index (κ2) is 58.3. The van der Waals surface area contributed by atoms with E-state index in [1.54, 1.807) is 0 Å². The molecule has 2 amide bonds. The van der Waals surface area contributed by atoms with Crippen LogP contribution in [-0.2, 0) is 73.0 Å². The highest BCUT2D eigenvalue weighted by Crippen LogP contribution is 2.38. The lowest BCUT2D eigenvalue weighted by Gasteiger charge is -2.46. The molecule has 0 aromatic heterocycles. The van der Waals surface area contributed by atoms with Gasteiger partial charge in [0.15, 0.2) is 20.7 Å². The van der Waals surface area contributed by atoms with E-state index in [2.05, 4.69) is 86.0 Å². The summed E-state index contributed by atoms with van der Waals surface area (Å²) in [5, 5.41) is 18.7. The molecule has 1 heterocycles. The third kappa shape index (κ3) is 45.3. The van der Waals surface area contributed by atoms with E-state index in [4.69, 9.17) is 37.6 Å². The van der Waals surface area contributed by atoms with Gasteiger partial charge in [0.05, 0.1) is 51.7 Å². The minimum absolute atomic E-state index is 0.0231. The number of carbonyl (C=O) groups is 6. The number of unbranched alkanes of at least 4 members (excludes halogenated alkanes) is 30. The van der Waals surface area contributed by atoms with E-state index < -0.39 is 75.2 Å². The van der Waals surface area contributed by atoms with E-state index >= 15 is 0 Å². The van der Waals surface area contributed by atoms with Gasteiger partial charge in [-0.25, -0.2) is 0 Å². The van der Waals surface area contributed by atoms with Gasteiger partial charge in [-0.05, 0) is 81.5 Å². The van der Waals surface area contributed by atoms with Crippen LogP contribution in [0.4, 0.5) is 0 Å². The van der Waals surface area contributed by atoms with Crippen LogP contribution >= 0.6 is 0 Å². The average molecular weight is 1430 g/mol. The number of nitrogens with one attached hydrogen (secondary N) is 2. The van der Waals surface area contributed by atoms with E-state index in [0.29, 0.717) is 38.5 Å². The van der Waals surface area contributed by atoms with Gasteiger partial charge in [-0.2, -0.15) is 0 Å². The van der Waals surface area contributed by atoms with Crippen molar-refractivity contribution in [1.29, 1.82) is 0 Å². The Morgan fingerprint density at radius 2 is 0.870 bits per heavy atom. The van der Waals surface area contributed by atoms with Crippen molar-refractivity contribution in [3.05, 3.63) is 35.9 Å². The minimum Gasteiger partial charge on any atom is -0.462 e. The molecule has 1 aliphatic rings. The Morgan fingerprint density at radius 3 is 1.28 bits per heavy atom. The molecule has 18 heteroatoms. The van der Waals surface area contributed by atoms with Gasteiger partial charge in [-0.15, -0.1) is 0 Å². The lowest BCUT2D eigenvalue weighted by Crippen LogP contribution is -2.66. The van der Waals surface area contributed by atoms with Crippen molar-refractivity contribution in [2.75, 3.05) is 19.8 Å². The fourth-order valence-corrected chi connectivity index (χ4v) is 13.5. The number of esters is 4. The number of carbonyl (C=O) groups excluding carboxylic acids is 6. The molecule has 580 valence electrons. The number of amides is 2. The standard InChI is InChI=1S/C82H148N2O15Si/c1-12-18-24-27-30-33-36-39-48-53-68(95-74(87)56-43-21-15-4)59-72(85)83-67(63-92-62-66-51-46-42-47-52-66)64-93-81-78(84-73(86)60-69(96-75(88)57-44-22-16-5)54-49-40-37-34-31-28-25-19-13-2)80(79(91)71(98-81)65-94-100(10,11)82(7,8)9)99-77(90)61-70(97-76(89)58-45-23-17-6)55-50-41-38-35-32-29-26-20-14-3/h42,46-47,51-52,67-71,78-81,91H,12-41,43-45,48-50,53-65H2,1-11H3,(H,83,85)(H,84,86)/t67-,68-,69-,70-,71-,78-,79-,80-,81?/m1/s1. The molecule has 1 aromatic rings. The zero-order valence-corrected chi connectivity index (χ0v) is 66.4. The highest BCUT2D eigenvalue weighted by Gasteiger charge is 2.50. The summed E-state index contributed by atoms with van der Waals surface area (Å²) in [6.45, 7) is 23.2. The monoisotopic (exact) mass is 1430 g/mol. The molecule has 3 N–H and O–H groups in total. The zero-order chi connectivity index (χ0) is 73.5. The van der Waals surface area contributed by atoms with Crippen LogP contribution in [0.3, 0.4) is 0 Å². The summed E-state index contributed by atoms with van der Waals surface area (Å²) in [6, 6.07) is 7.47. The highest BCUT2D eigenvalue weighted by molar-refractivity contribution is 6.74. The van der Waals surface area contributed by atoms with E-state index in [-0.39, 0.29) is 93.8 Å². The zero-order valence-electron chi connectivity index (χ0n) is 65.4. The summed E-state index contributed by atoms with van der Waals surface area (Å²) >= 11 is 0. The average Bonchev–Trinajstić information content (AvgIpc) is 0.824. The van der Waals surface area contributed by atoms with Gasteiger partial charge in [0.1, 0.15) is 36.6 Å². The molecule has 1 aliphatic heterocycles. The largest absolute Gasteiger partial charge is 0.462 e. The quantitative estimate of drug-likeness (QED) is 0.0239. The SMILES string of the molecule is CCCCCCCCCCC[C@H](CC(=O)N[C@H](COCc1ccccc1)COC1O[C@H](CO[Si](C)(C)C(C)(C)C)[C@@H](O)[C@H](OC(=O)C[C@@H](CCCCCCCCCCC)OC(=O)CCCCC)[C@H]1NC(=O)C[C@@H](CCCCCCCCCCC)OC(=O)CCCCC)OC(=O)CCCCC. The topological polar surface area (TPSA) is 221 Å². The lowest BCUT2D eigenvalue weighted by atomic mass is 9.96. The van der Waals surface area contributed by atoms with Crippen LogP contribution in [0, 0.1) is 0 Å². The summed E-state index contributed by atoms with van der Waals surface area (Å²) in [4.78, 5) is 84.6. The van der Waals surface area contributed by atoms with Gasteiger partial charge < -0.3 is 53.3 Å². The van der Waals surface area contributed by atoms with Crippen LogP contribution in [0.2, 0.25) is 18.1 Å². The maximum Gasteiger partial charge on any atom is 0.310 e. The molecular formula is C82H148N2O15Si. The summed E-state index contributed by atoms with van der Waals surface area (Å²) in [7, 11) is -2.53. The third-order valence-corrected chi connectivity index (χ3v) is 24.4. The van der Waals surface area contributed by atoms with Crippen LogP contribution < -0.4 is 10.6 Å². The van der Waals surface area contributed by atoms with Crippen molar-refractivity contribution in [2.24, 2.45) is 0 Å². The molecule has 1 aromatic carbocycles. The summed E-state index contributed by atoms with van der Waals surface area (Å²) in [6.07, 6.45) is 30.9. The Hall–Kier alpha value is -3.94. The number of aliphatic hydroxyl groups excluding tert-OH is 1. The minimum atomic E-state index is -2.53. The maximum absolute atomic E-state index is 15.0. The first-order valence-corrected chi connectivity index (χ1v) is 43.7. The Kier molecular flexibility index (Phi) is 53.8. The molecule has 2 rings (SSSR count). The molecule has 1 fully saturated rings. The van der Waals surface area contributed by atoms with Crippen molar-refractivity contribution in [2.45, 2.75) is 431 Å². The molecule has 0 radical (unpaired) electrons. The van der Waals surface area contributed by atoms with E-state index in [1.807, 2.05) is 30.3 Å². The smallest absolute Gasteiger partial charge is 0.310 e. The number of hydrogen-bond acceptors (Lipinski definition) is 15. The van der Waals surface area contributed by atoms with Gasteiger partial charge in [0.25, 0.3) is 0 Å². The number of rotatable bonds is 64. The van der Waals surface area contributed by atoms with Crippen molar-refractivity contribution >= 4 is 44.0 Å². The molecule has 1 unspecified atom stereocenters. The number of benzene rings is 1. The van der Waals surface area contributed by atoms with Crippen LogP contribution in [0.1, 0.15) is 357 Å². The van der Waals surface area contributed by atoms with Crippen molar-refractivity contribution in [3.63, 3.8) is 0 Å². The molecule has 0 spiro atoms. The first-order valence-electron chi connectivity index (χ1n) is 40.8. The van der Waals surface area contributed by atoms with Crippen molar-refractivity contribution in [1.82, 2.24) is 10.6 Å². The molecule has 0 aliphatic carbocycles. The van der Waals surface area contributed by atoms with Gasteiger partial charge in [-0.1, -0.05) is 285 Å². The molecule has 100 heavy (non-hydrogen) atoms. The lowest BCUT2D eigenvalue weighted by molar-refractivity contribution is -0.274. The van der Waals surface area contributed by atoms with E-state index in [1.165, 1.54) is 96.3 Å². The van der Waals surface area contributed by atoms with Gasteiger partial charge in [0.2, 0.25) is 11.8 Å². The Labute approximate surface area is 609 Å². The van der Waals surface area contributed by atoms with Gasteiger partial charge in [-0.3, -0.25) is 28.8 Å². The number of aliphatic hydroxyl groups is 1. The van der Waals surface area contributed by atoms with Crippen molar-refractivity contribution < 1.29 is 71.5 Å². The van der Waals surface area contributed by atoms with Crippen LogP contribution in [0.25, 0.3) is 0 Å². The molecule has 17 nitrogen and oxygen atoms in total. The Morgan fingerprint density at radius 1 is 0.490 bits per heavy atom. The predicted octanol–water partition coefficient (Wildman–Crippen LogP) is 19.6. The fraction of sp³-hybridized carbons (Fsp3) is 0.854. The molecule has 9 atom stereocenters. The predicted molar refractivity (Wildman–Crippen MR) is 405 cm³/mol. The molecule has 0 saturated carbocycles. The first-order chi connectivity index (χ1) is 48.2. The van der Waals surface area contributed by atoms with Gasteiger partial charge in [0, 0.05) is 19.3 Å². The van der Waals surface area contributed by atoms with Crippen molar-refractivity contribution in [3.8, 4) is 0 Å². The fourth-order valence-electron chi connectivity index (χ4n) is 12.5. The summed E-state index contributed by atoms with van der Waals surface area (Å²) in [5.41, 5.74) is 0.913. The molecular weight excluding hydrogens is 1280 g/mol. The van der Waals surface area contributed by atoms with E-state index in [0.717, 1.165) is 121 Å². The second-order valence-corrected chi connectivity index (χ2v) is 35.2.